The number of carbonyl (C=O) groups excluding carboxylic acids is 1. The molecule has 25 heavy (non-hydrogen) atoms. The number of aryl methyl sites for hydroxylation is 2. The van der Waals surface area contributed by atoms with Crippen LogP contribution in [0, 0.1) is 13.8 Å². The van der Waals surface area contributed by atoms with Gasteiger partial charge < -0.3 is 14.8 Å². The first-order chi connectivity index (χ1) is 12.0. The minimum atomic E-state index is -0.143. The van der Waals surface area contributed by atoms with Gasteiger partial charge in [0.15, 0.2) is 0 Å². The molecule has 4 heteroatoms. The molecule has 0 fully saturated rings. The maximum absolute atomic E-state index is 12.1. The SMILES string of the molecule is C=CCNC(=O)c1ccc(OCC)c(COc2ccc(C)c(C)c2)c1. The Morgan fingerprint density at radius 1 is 1.12 bits per heavy atom. The lowest BCUT2D eigenvalue weighted by atomic mass is 10.1. The van der Waals surface area contributed by atoms with Crippen LogP contribution < -0.4 is 14.8 Å². The van der Waals surface area contributed by atoms with Gasteiger partial charge in [-0.3, -0.25) is 4.79 Å². The maximum atomic E-state index is 12.1. The molecule has 2 aromatic carbocycles. The second-order valence-electron chi connectivity index (χ2n) is 5.79. The molecule has 0 saturated carbocycles. The summed E-state index contributed by atoms with van der Waals surface area (Å²) in [4.78, 5) is 12.1. The van der Waals surface area contributed by atoms with Gasteiger partial charge >= 0.3 is 0 Å². The van der Waals surface area contributed by atoms with Crippen LogP contribution in [0.5, 0.6) is 11.5 Å². The molecule has 0 aliphatic rings. The van der Waals surface area contributed by atoms with Crippen molar-refractivity contribution in [1.82, 2.24) is 5.32 Å². The van der Waals surface area contributed by atoms with Crippen molar-refractivity contribution in [3.8, 4) is 11.5 Å². The molecule has 4 nitrogen and oxygen atoms in total. The summed E-state index contributed by atoms with van der Waals surface area (Å²) in [6.07, 6.45) is 1.65. The van der Waals surface area contributed by atoms with Crippen LogP contribution in [0.3, 0.4) is 0 Å². The van der Waals surface area contributed by atoms with E-state index in [2.05, 4.69) is 25.7 Å². The first-order valence-electron chi connectivity index (χ1n) is 8.40. The molecule has 2 aromatic rings. The van der Waals surface area contributed by atoms with E-state index in [0.29, 0.717) is 25.3 Å². The Morgan fingerprint density at radius 2 is 1.92 bits per heavy atom. The number of hydrogen-bond acceptors (Lipinski definition) is 3. The molecule has 0 aliphatic heterocycles. The van der Waals surface area contributed by atoms with Crippen molar-refractivity contribution in [2.75, 3.05) is 13.2 Å². The lowest BCUT2D eigenvalue weighted by Crippen LogP contribution is -2.23. The molecule has 0 spiro atoms. The first-order valence-corrected chi connectivity index (χ1v) is 8.40. The summed E-state index contributed by atoms with van der Waals surface area (Å²) in [5.74, 6) is 1.38. The molecule has 0 aromatic heterocycles. The van der Waals surface area contributed by atoms with Gasteiger partial charge in [0, 0.05) is 17.7 Å². The molecule has 0 bridgehead atoms. The standard InChI is InChI=1S/C21H25NO3/c1-5-11-22-21(23)17-8-10-20(24-6-2)18(13-17)14-25-19-9-7-15(3)16(4)12-19/h5,7-10,12-13H,1,6,11,14H2,2-4H3,(H,22,23). The highest BCUT2D eigenvalue weighted by atomic mass is 16.5. The van der Waals surface area contributed by atoms with Crippen molar-refractivity contribution in [2.24, 2.45) is 0 Å². The van der Waals surface area contributed by atoms with Crippen molar-refractivity contribution in [3.05, 3.63) is 71.3 Å². The predicted molar refractivity (Wildman–Crippen MR) is 100 cm³/mol. The number of nitrogens with one attached hydrogen (secondary N) is 1. The number of carbonyl (C=O) groups is 1. The smallest absolute Gasteiger partial charge is 0.251 e. The largest absolute Gasteiger partial charge is 0.493 e. The summed E-state index contributed by atoms with van der Waals surface area (Å²) in [5, 5.41) is 2.78. The van der Waals surface area contributed by atoms with Gasteiger partial charge in [0.25, 0.3) is 5.91 Å². The fraction of sp³-hybridized carbons (Fsp3) is 0.286. The van der Waals surface area contributed by atoms with E-state index in [1.54, 1.807) is 12.1 Å². The van der Waals surface area contributed by atoms with Gasteiger partial charge in [-0.15, -0.1) is 6.58 Å². The Hall–Kier alpha value is -2.75. The Kier molecular flexibility index (Phi) is 6.63. The van der Waals surface area contributed by atoms with Gasteiger partial charge in [-0.2, -0.15) is 0 Å². The van der Waals surface area contributed by atoms with Crippen molar-refractivity contribution in [2.45, 2.75) is 27.4 Å². The number of rotatable bonds is 8. The van der Waals surface area contributed by atoms with Gasteiger partial charge in [-0.25, -0.2) is 0 Å². The van der Waals surface area contributed by atoms with Crippen molar-refractivity contribution in [3.63, 3.8) is 0 Å². The van der Waals surface area contributed by atoms with Crippen LogP contribution in [0.4, 0.5) is 0 Å². The molecule has 132 valence electrons. The molecular formula is C21H25NO3. The average molecular weight is 339 g/mol. The van der Waals surface area contributed by atoms with Gasteiger partial charge in [-0.05, 0) is 62.2 Å². The second-order valence-corrected chi connectivity index (χ2v) is 5.79. The second kappa shape index (κ2) is 8.92. The maximum Gasteiger partial charge on any atom is 0.251 e. The number of benzene rings is 2. The van der Waals surface area contributed by atoms with E-state index >= 15 is 0 Å². The molecule has 2 rings (SSSR count). The third-order valence-electron chi connectivity index (χ3n) is 3.90. The molecule has 1 N–H and O–H groups in total. The lowest BCUT2D eigenvalue weighted by molar-refractivity contribution is 0.0958. The highest BCUT2D eigenvalue weighted by molar-refractivity contribution is 5.94. The molecule has 0 aliphatic carbocycles. The summed E-state index contributed by atoms with van der Waals surface area (Å²) >= 11 is 0. The third kappa shape index (κ3) is 5.11. The van der Waals surface area contributed by atoms with E-state index in [-0.39, 0.29) is 5.91 Å². The van der Waals surface area contributed by atoms with E-state index in [1.807, 2.05) is 37.3 Å². The molecule has 0 radical (unpaired) electrons. The minimum Gasteiger partial charge on any atom is -0.493 e. The highest BCUT2D eigenvalue weighted by Crippen LogP contribution is 2.24. The molecule has 0 saturated heterocycles. The van der Waals surface area contributed by atoms with E-state index in [0.717, 1.165) is 17.1 Å². The van der Waals surface area contributed by atoms with Crippen molar-refractivity contribution in [1.29, 1.82) is 0 Å². The first kappa shape index (κ1) is 18.6. The third-order valence-corrected chi connectivity index (χ3v) is 3.90. The molecular weight excluding hydrogens is 314 g/mol. The Labute approximate surface area is 149 Å². The Bertz CT molecular complexity index is 753. The molecule has 0 heterocycles. The van der Waals surface area contributed by atoms with Crippen molar-refractivity contribution >= 4 is 5.91 Å². The fourth-order valence-electron chi connectivity index (χ4n) is 2.36. The van der Waals surface area contributed by atoms with Gasteiger partial charge in [0.05, 0.1) is 6.61 Å². The number of ether oxygens (including phenoxy) is 2. The zero-order valence-electron chi connectivity index (χ0n) is 15.1. The Morgan fingerprint density at radius 3 is 2.60 bits per heavy atom. The van der Waals surface area contributed by atoms with Crippen LogP contribution in [-0.2, 0) is 6.61 Å². The minimum absolute atomic E-state index is 0.143. The van der Waals surface area contributed by atoms with Crippen LogP contribution in [0.25, 0.3) is 0 Å². The topological polar surface area (TPSA) is 47.6 Å². The average Bonchev–Trinajstić information content (AvgIpc) is 2.61. The monoisotopic (exact) mass is 339 g/mol. The summed E-state index contributed by atoms with van der Waals surface area (Å²) in [5.41, 5.74) is 3.82. The summed E-state index contributed by atoms with van der Waals surface area (Å²) in [6, 6.07) is 11.4. The number of amides is 1. The zero-order valence-corrected chi connectivity index (χ0v) is 15.1. The van der Waals surface area contributed by atoms with Crippen molar-refractivity contribution < 1.29 is 14.3 Å². The van der Waals surface area contributed by atoms with E-state index < -0.39 is 0 Å². The summed E-state index contributed by atoms with van der Waals surface area (Å²) in [6.45, 7) is 11.0. The van der Waals surface area contributed by atoms with Gasteiger partial charge in [0.2, 0.25) is 0 Å². The lowest BCUT2D eigenvalue weighted by Gasteiger charge is -2.14. The van der Waals surface area contributed by atoms with Crippen LogP contribution >= 0.6 is 0 Å². The predicted octanol–water partition coefficient (Wildman–Crippen LogP) is 4.20. The van der Waals surface area contributed by atoms with E-state index in [9.17, 15) is 4.79 Å². The van der Waals surface area contributed by atoms with Crippen LogP contribution in [0.15, 0.2) is 49.1 Å². The molecule has 0 atom stereocenters. The van der Waals surface area contributed by atoms with Crippen LogP contribution in [0.1, 0.15) is 34.0 Å². The highest BCUT2D eigenvalue weighted by Gasteiger charge is 2.11. The molecule has 1 amide bonds. The summed E-state index contributed by atoms with van der Waals surface area (Å²) in [7, 11) is 0. The summed E-state index contributed by atoms with van der Waals surface area (Å²) < 4.78 is 11.6. The van der Waals surface area contributed by atoms with E-state index in [1.165, 1.54) is 11.1 Å². The quantitative estimate of drug-likeness (QED) is 0.733. The normalized spacial score (nSPS) is 10.2. The van der Waals surface area contributed by atoms with E-state index in [4.69, 9.17) is 9.47 Å². The van der Waals surface area contributed by atoms with Gasteiger partial charge in [-0.1, -0.05) is 12.1 Å². The molecule has 0 unspecified atom stereocenters. The Balaban J connectivity index is 2.18. The number of hydrogen-bond donors (Lipinski definition) is 1. The van der Waals surface area contributed by atoms with Gasteiger partial charge in [0.1, 0.15) is 18.1 Å². The van der Waals surface area contributed by atoms with Crippen LogP contribution in [0.2, 0.25) is 0 Å². The van der Waals surface area contributed by atoms with Crippen LogP contribution in [-0.4, -0.2) is 19.1 Å². The fourth-order valence-corrected chi connectivity index (χ4v) is 2.36. The zero-order chi connectivity index (χ0) is 18.2.